The summed E-state index contributed by atoms with van der Waals surface area (Å²) in [5, 5.41) is 15.6. The fourth-order valence-corrected chi connectivity index (χ4v) is 2.48. The van der Waals surface area contributed by atoms with Gasteiger partial charge in [-0.05, 0) is 42.8 Å². The number of nitrogens with zero attached hydrogens (tertiary/aromatic N) is 1. The third-order valence-corrected chi connectivity index (χ3v) is 3.82. The number of aryl methyl sites for hydroxylation is 1. The Balaban J connectivity index is 2.18. The van der Waals surface area contributed by atoms with E-state index < -0.39 is 5.91 Å². The molecule has 0 heterocycles. The molecule has 2 N–H and O–H groups in total. The monoisotopic (exact) mass is 375 g/mol. The summed E-state index contributed by atoms with van der Waals surface area (Å²) in [5.74, 6) is -0.0612. The first-order valence-electron chi connectivity index (χ1n) is 7.22. The van der Waals surface area contributed by atoms with Crippen molar-refractivity contribution in [2.45, 2.75) is 6.92 Å². The second-order valence-corrected chi connectivity index (χ2v) is 5.94. The lowest BCUT2D eigenvalue weighted by Crippen LogP contribution is -2.15. The van der Waals surface area contributed by atoms with Crippen molar-refractivity contribution in [3.63, 3.8) is 0 Å². The molecule has 2 aromatic carbocycles. The van der Waals surface area contributed by atoms with Crippen LogP contribution in [-0.2, 0) is 4.79 Å². The lowest BCUT2D eigenvalue weighted by molar-refractivity contribution is -0.112. The maximum Gasteiger partial charge on any atom is 0.267 e. The predicted molar refractivity (Wildman–Crippen MR) is 100 cm³/mol. The molecule has 0 bridgehead atoms. The highest BCUT2D eigenvalue weighted by atomic mass is 35.5. The average Bonchev–Trinajstić information content (AvgIpc) is 2.57. The van der Waals surface area contributed by atoms with Crippen molar-refractivity contribution < 1.29 is 9.53 Å². The van der Waals surface area contributed by atoms with Gasteiger partial charge in [0.25, 0.3) is 5.91 Å². The molecule has 1 amide bonds. The summed E-state index contributed by atoms with van der Waals surface area (Å²) in [6, 6.07) is 12.1. The van der Waals surface area contributed by atoms with Gasteiger partial charge in [0.15, 0.2) is 0 Å². The fourth-order valence-electron chi connectivity index (χ4n) is 2.01. The van der Waals surface area contributed by atoms with Crippen LogP contribution in [0.2, 0.25) is 10.0 Å². The summed E-state index contributed by atoms with van der Waals surface area (Å²) in [6.07, 6.45) is 1.28. The van der Waals surface area contributed by atoms with Crippen LogP contribution < -0.4 is 15.4 Å². The van der Waals surface area contributed by atoms with Crippen molar-refractivity contribution in [2.75, 3.05) is 17.7 Å². The molecule has 128 valence electrons. The molecule has 7 heteroatoms. The molecule has 0 aliphatic heterocycles. The number of hydrogen-bond acceptors (Lipinski definition) is 4. The lowest BCUT2D eigenvalue weighted by Gasteiger charge is -2.11. The first-order chi connectivity index (χ1) is 11.9. The van der Waals surface area contributed by atoms with Crippen molar-refractivity contribution in [3.05, 3.63) is 63.8 Å². The fraction of sp³-hybridized carbons (Fsp3) is 0.111. The smallest absolute Gasteiger partial charge is 0.267 e. The molecule has 5 nitrogen and oxygen atoms in total. The van der Waals surface area contributed by atoms with E-state index in [9.17, 15) is 10.1 Å². The minimum Gasteiger partial charge on any atom is -0.495 e. The van der Waals surface area contributed by atoms with Crippen LogP contribution in [0, 0.1) is 18.3 Å². The van der Waals surface area contributed by atoms with Crippen LogP contribution in [0.4, 0.5) is 11.4 Å². The number of ether oxygens (including phenoxy) is 1. The molecule has 2 rings (SSSR count). The molecule has 0 radical (unpaired) electrons. The van der Waals surface area contributed by atoms with E-state index in [2.05, 4.69) is 10.6 Å². The van der Waals surface area contributed by atoms with E-state index in [4.69, 9.17) is 27.9 Å². The molecule has 0 aromatic heterocycles. The van der Waals surface area contributed by atoms with Crippen LogP contribution >= 0.6 is 23.2 Å². The number of amides is 1. The molecule has 0 atom stereocenters. The number of hydrogen-bond donors (Lipinski definition) is 2. The third-order valence-electron chi connectivity index (χ3n) is 3.27. The van der Waals surface area contributed by atoms with Gasteiger partial charge in [-0.15, -0.1) is 0 Å². The number of carbonyl (C=O) groups excluding carboxylic acids is 1. The maximum absolute atomic E-state index is 12.3. The van der Waals surface area contributed by atoms with Crippen molar-refractivity contribution in [1.82, 2.24) is 0 Å². The number of anilines is 2. The van der Waals surface area contributed by atoms with Crippen LogP contribution in [0.3, 0.4) is 0 Å². The minimum atomic E-state index is -0.566. The normalized spacial score (nSPS) is 10.8. The second-order valence-electron chi connectivity index (χ2n) is 5.10. The molecule has 25 heavy (non-hydrogen) atoms. The molecule has 0 fully saturated rings. The lowest BCUT2D eigenvalue weighted by atomic mass is 10.2. The molecular weight excluding hydrogens is 361 g/mol. The SMILES string of the molecule is COc1ccc(C)cc1NC(=O)/C(C#N)=C\Nc1ccc(Cl)cc1Cl. The number of carbonyl (C=O) groups is 1. The van der Waals surface area contributed by atoms with Gasteiger partial charge in [-0.25, -0.2) is 0 Å². The van der Waals surface area contributed by atoms with Crippen LogP contribution in [0.15, 0.2) is 48.2 Å². The Morgan fingerprint density at radius 1 is 1.20 bits per heavy atom. The highest BCUT2D eigenvalue weighted by Crippen LogP contribution is 2.27. The van der Waals surface area contributed by atoms with Crippen molar-refractivity contribution in [1.29, 1.82) is 5.26 Å². The van der Waals surface area contributed by atoms with E-state index in [1.165, 1.54) is 13.3 Å². The Kier molecular flexibility index (Phi) is 6.29. The van der Waals surface area contributed by atoms with Crippen molar-refractivity contribution in [3.8, 4) is 11.8 Å². The van der Waals surface area contributed by atoms with Crippen LogP contribution in [0.1, 0.15) is 5.56 Å². The van der Waals surface area contributed by atoms with E-state index in [0.29, 0.717) is 27.2 Å². The standard InChI is InChI=1S/C18H15Cl2N3O2/c1-11-3-6-17(25-2)16(7-11)23-18(24)12(9-21)10-22-15-5-4-13(19)8-14(15)20/h3-8,10,22H,1-2H3,(H,23,24)/b12-10-. The van der Waals surface area contributed by atoms with Gasteiger partial charge in [-0.1, -0.05) is 29.3 Å². The van der Waals surface area contributed by atoms with Crippen LogP contribution in [0.5, 0.6) is 5.75 Å². The molecule has 0 saturated heterocycles. The number of nitriles is 1. The zero-order valence-corrected chi connectivity index (χ0v) is 15.1. The van der Waals surface area contributed by atoms with E-state index >= 15 is 0 Å². The summed E-state index contributed by atoms with van der Waals surface area (Å²) in [7, 11) is 1.51. The Bertz CT molecular complexity index is 873. The van der Waals surface area contributed by atoms with Gasteiger partial charge in [0, 0.05) is 11.2 Å². The van der Waals surface area contributed by atoms with Gasteiger partial charge in [-0.2, -0.15) is 5.26 Å². The molecule has 0 unspecified atom stereocenters. The van der Waals surface area contributed by atoms with Crippen molar-refractivity contribution >= 4 is 40.5 Å². The molecule has 0 saturated carbocycles. The summed E-state index contributed by atoms with van der Waals surface area (Å²) in [4.78, 5) is 12.3. The van der Waals surface area contributed by atoms with Gasteiger partial charge in [0.2, 0.25) is 0 Å². The number of methoxy groups -OCH3 is 1. The molecule has 0 aliphatic carbocycles. The van der Waals surface area contributed by atoms with Gasteiger partial charge < -0.3 is 15.4 Å². The summed E-state index contributed by atoms with van der Waals surface area (Å²) < 4.78 is 5.21. The Hall–Kier alpha value is -2.68. The third kappa shape index (κ3) is 4.90. The summed E-state index contributed by atoms with van der Waals surface area (Å²) >= 11 is 11.9. The molecule has 0 spiro atoms. The van der Waals surface area contributed by atoms with E-state index in [1.54, 1.807) is 30.3 Å². The van der Waals surface area contributed by atoms with Crippen LogP contribution in [-0.4, -0.2) is 13.0 Å². The quantitative estimate of drug-likeness (QED) is 0.582. The van der Waals surface area contributed by atoms with Gasteiger partial charge in [-0.3, -0.25) is 4.79 Å². The zero-order chi connectivity index (χ0) is 18.4. The number of benzene rings is 2. The number of rotatable bonds is 5. The van der Waals surface area contributed by atoms with E-state index in [-0.39, 0.29) is 5.57 Å². The Morgan fingerprint density at radius 2 is 1.96 bits per heavy atom. The Labute approximate surface area is 155 Å². The second kappa shape index (κ2) is 8.43. The van der Waals surface area contributed by atoms with Gasteiger partial charge >= 0.3 is 0 Å². The highest BCUT2D eigenvalue weighted by Gasteiger charge is 2.13. The highest BCUT2D eigenvalue weighted by molar-refractivity contribution is 6.36. The van der Waals surface area contributed by atoms with E-state index in [1.807, 2.05) is 19.1 Å². The zero-order valence-electron chi connectivity index (χ0n) is 13.6. The first kappa shape index (κ1) is 18.7. The first-order valence-corrected chi connectivity index (χ1v) is 7.98. The van der Waals surface area contributed by atoms with Crippen LogP contribution in [0.25, 0.3) is 0 Å². The number of nitrogens with one attached hydrogen (secondary N) is 2. The van der Waals surface area contributed by atoms with Gasteiger partial charge in [0.05, 0.1) is 23.5 Å². The molecular formula is C18H15Cl2N3O2. The largest absolute Gasteiger partial charge is 0.495 e. The maximum atomic E-state index is 12.3. The van der Waals surface area contributed by atoms with E-state index in [0.717, 1.165) is 5.56 Å². The molecule has 0 aliphatic rings. The molecule has 2 aromatic rings. The number of halogens is 2. The topological polar surface area (TPSA) is 74.1 Å². The van der Waals surface area contributed by atoms with Gasteiger partial charge in [0.1, 0.15) is 17.4 Å². The minimum absolute atomic E-state index is 0.116. The average molecular weight is 376 g/mol. The predicted octanol–water partition coefficient (Wildman–Crippen LogP) is 4.77. The summed E-state index contributed by atoms with van der Waals surface area (Å²) in [6.45, 7) is 1.89. The Morgan fingerprint density at radius 3 is 2.60 bits per heavy atom. The van der Waals surface area contributed by atoms with Crippen molar-refractivity contribution in [2.24, 2.45) is 0 Å². The summed E-state index contributed by atoms with van der Waals surface area (Å²) in [5.41, 5.74) is 1.84.